The third-order valence-electron chi connectivity index (χ3n) is 6.34. The maximum atomic E-state index is 13.5. The molecule has 2 amide bonds. The van der Waals surface area contributed by atoms with Crippen LogP contribution >= 0.6 is 0 Å². The van der Waals surface area contributed by atoms with Gasteiger partial charge in [-0.05, 0) is 43.7 Å². The largest absolute Gasteiger partial charge is 0.465 e. The van der Waals surface area contributed by atoms with Crippen molar-refractivity contribution < 1.29 is 14.7 Å². The first-order chi connectivity index (χ1) is 13.0. The molecule has 3 atom stereocenters. The van der Waals surface area contributed by atoms with Gasteiger partial charge in [-0.1, -0.05) is 31.0 Å². The van der Waals surface area contributed by atoms with E-state index in [0.717, 1.165) is 42.3 Å². The molecule has 6 heteroatoms. The molecule has 0 bridgehead atoms. The number of nitrogens with zero attached hydrogens (tertiary/aromatic N) is 1. The zero-order valence-electron chi connectivity index (χ0n) is 15.7. The highest BCUT2D eigenvalue weighted by molar-refractivity contribution is 5.91. The fourth-order valence-electron chi connectivity index (χ4n) is 5.04. The quantitative estimate of drug-likeness (QED) is 0.771. The second-order valence-electron chi connectivity index (χ2n) is 8.20. The monoisotopic (exact) mass is 369 g/mol. The number of carbonyl (C=O) groups is 2. The highest BCUT2D eigenvalue weighted by Gasteiger charge is 2.45. The Labute approximate surface area is 158 Å². The van der Waals surface area contributed by atoms with Crippen molar-refractivity contribution in [2.24, 2.45) is 5.92 Å². The number of nitrogens with one attached hydrogen (secondary N) is 2. The standard InChI is InChI=1S/C21H27N3O3/c1-21(23-20(26)27,12-15-13-22-17-8-4-3-7-16(15)17)19(25)24-11-10-14-6-2-5-9-18(14)24/h3-4,7-8,13-14,18,22-23H,2,5-6,9-12H2,1H3,(H,26,27). The second-order valence-corrected chi connectivity index (χ2v) is 8.20. The van der Waals surface area contributed by atoms with Gasteiger partial charge in [0.15, 0.2) is 0 Å². The van der Waals surface area contributed by atoms with Gasteiger partial charge in [-0.15, -0.1) is 0 Å². The molecule has 0 spiro atoms. The van der Waals surface area contributed by atoms with Crippen molar-refractivity contribution in [1.29, 1.82) is 0 Å². The van der Waals surface area contributed by atoms with Crippen LogP contribution in [-0.2, 0) is 11.2 Å². The number of carbonyl (C=O) groups excluding carboxylic acids is 1. The molecule has 2 heterocycles. The number of para-hydroxylation sites is 1. The predicted octanol–water partition coefficient (Wildman–Crippen LogP) is 3.53. The first kappa shape index (κ1) is 17.9. The first-order valence-corrected chi connectivity index (χ1v) is 9.85. The minimum Gasteiger partial charge on any atom is -0.465 e. The number of likely N-dealkylation sites (tertiary alicyclic amines) is 1. The van der Waals surface area contributed by atoms with Gasteiger partial charge in [0.1, 0.15) is 5.54 Å². The van der Waals surface area contributed by atoms with Crippen LogP contribution in [0, 0.1) is 5.92 Å². The number of aromatic nitrogens is 1. The molecule has 1 aromatic carbocycles. The Morgan fingerprint density at radius 2 is 2.04 bits per heavy atom. The molecule has 1 saturated carbocycles. The van der Waals surface area contributed by atoms with E-state index in [1.54, 1.807) is 6.92 Å². The van der Waals surface area contributed by atoms with Crippen molar-refractivity contribution in [2.75, 3.05) is 6.54 Å². The third-order valence-corrected chi connectivity index (χ3v) is 6.34. The van der Waals surface area contributed by atoms with E-state index in [2.05, 4.69) is 10.3 Å². The lowest BCUT2D eigenvalue weighted by Crippen LogP contribution is -2.60. The van der Waals surface area contributed by atoms with Crippen LogP contribution in [0.25, 0.3) is 10.9 Å². The van der Waals surface area contributed by atoms with E-state index in [0.29, 0.717) is 12.3 Å². The molecular weight excluding hydrogens is 342 g/mol. The highest BCUT2D eigenvalue weighted by atomic mass is 16.4. The number of aromatic amines is 1. The minimum atomic E-state index is -1.18. The molecule has 2 aliphatic rings. The maximum absolute atomic E-state index is 13.5. The zero-order valence-corrected chi connectivity index (χ0v) is 15.7. The number of fused-ring (bicyclic) bond motifs is 2. The van der Waals surface area contributed by atoms with Crippen LogP contribution in [-0.4, -0.2) is 45.1 Å². The Morgan fingerprint density at radius 3 is 2.85 bits per heavy atom. The van der Waals surface area contributed by atoms with Crippen molar-refractivity contribution in [1.82, 2.24) is 15.2 Å². The molecule has 1 aliphatic heterocycles. The molecule has 1 aliphatic carbocycles. The predicted molar refractivity (Wildman–Crippen MR) is 104 cm³/mol. The summed E-state index contributed by atoms with van der Waals surface area (Å²) in [4.78, 5) is 30.2. The summed E-state index contributed by atoms with van der Waals surface area (Å²) in [5.41, 5.74) is 0.768. The molecule has 6 nitrogen and oxygen atoms in total. The van der Waals surface area contributed by atoms with Crippen LogP contribution in [0.1, 0.15) is 44.6 Å². The van der Waals surface area contributed by atoms with E-state index < -0.39 is 11.6 Å². The molecule has 0 radical (unpaired) electrons. The van der Waals surface area contributed by atoms with Gasteiger partial charge in [-0.25, -0.2) is 4.79 Å². The summed E-state index contributed by atoms with van der Waals surface area (Å²) in [6, 6.07) is 8.16. The van der Waals surface area contributed by atoms with Crippen LogP contribution in [0.3, 0.4) is 0 Å². The van der Waals surface area contributed by atoms with Crippen molar-refractivity contribution in [3.05, 3.63) is 36.0 Å². The number of rotatable bonds is 4. The molecule has 27 heavy (non-hydrogen) atoms. The van der Waals surface area contributed by atoms with Crippen molar-refractivity contribution in [3.63, 3.8) is 0 Å². The summed E-state index contributed by atoms with van der Waals surface area (Å²) < 4.78 is 0. The van der Waals surface area contributed by atoms with E-state index in [4.69, 9.17) is 0 Å². The Kier molecular flexibility index (Phi) is 4.58. The lowest BCUT2D eigenvalue weighted by Gasteiger charge is -2.38. The summed E-state index contributed by atoms with van der Waals surface area (Å²) >= 11 is 0. The van der Waals surface area contributed by atoms with E-state index >= 15 is 0 Å². The number of H-pyrrole nitrogens is 1. The average molecular weight is 369 g/mol. The van der Waals surface area contributed by atoms with E-state index in [-0.39, 0.29) is 11.9 Å². The number of hydrogen-bond acceptors (Lipinski definition) is 2. The van der Waals surface area contributed by atoms with Crippen LogP contribution in [0.4, 0.5) is 4.79 Å². The van der Waals surface area contributed by atoms with E-state index in [1.165, 1.54) is 12.8 Å². The van der Waals surface area contributed by atoms with Crippen LogP contribution in [0.15, 0.2) is 30.5 Å². The van der Waals surface area contributed by atoms with Crippen LogP contribution in [0.2, 0.25) is 0 Å². The van der Waals surface area contributed by atoms with Gasteiger partial charge >= 0.3 is 6.09 Å². The van der Waals surface area contributed by atoms with Crippen molar-refractivity contribution in [2.45, 2.75) is 57.0 Å². The molecule has 3 unspecified atom stereocenters. The van der Waals surface area contributed by atoms with Gasteiger partial charge in [0.25, 0.3) is 0 Å². The summed E-state index contributed by atoms with van der Waals surface area (Å²) in [6.07, 6.45) is 6.69. The van der Waals surface area contributed by atoms with Crippen molar-refractivity contribution in [3.8, 4) is 0 Å². The topological polar surface area (TPSA) is 85.4 Å². The van der Waals surface area contributed by atoms with Gasteiger partial charge < -0.3 is 20.3 Å². The normalized spacial score (nSPS) is 24.4. The zero-order chi connectivity index (χ0) is 19.0. The first-order valence-electron chi connectivity index (χ1n) is 9.85. The summed E-state index contributed by atoms with van der Waals surface area (Å²) in [6.45, 7) is 2.46. The summed E-state index contributed by atoms with van der Waals surface area (Å²) in [7, 11) is 0. The highest BCUT2D eigenvalue weighted by Crippen LogP contribution is 2.37. The Balaban J connectivity index is 1.63. The Hall–Kier alpha value is -2.50. The molecule has 4 rings (SSSR count). The molecule has 1 saturated heterocycles. The third kappa shape index (κ3) is 3.29. The summed E-state index contributed by atoms with van der Waals surface area (Å²) in [5.74, 6) is 0.481. The minimum absolute atomic E-state index is 0.0930. The summed E-state index contributed by atoms with van der Waals surface area (Å²) in [5, 5.41) is 13.0. The Morgan fingerprint density at radius 1 is 1.26 bits per heavy atom. The van der Waals surface area contributed by atoms with Gasteiger partial charge in [0, 0.05) is 36.1 Å². The molecular formula is C21H27N3O3. The van der Waals surface area contributed by atoms with E-state index in [9.17, 15) is 14.7 Å². The SMILES string of the molecule is CC(Cc1c[nH]c2ccccc12)(NC(=O)O)C(=O)N1CCC2CCCCC21. The number of hydrogen-bond donors (Lipinski definition) is 3. The van der Waals surface area contributed by atoms with Crippen LogP contribution < -0.4 is 5.32 Å². The van der Waals surface area contributed by atoms with Gasteiger partial charge in [0.2, 0.25) is 5.91 Å². The molecule has 2 aromatic rings. The van der Waals surface area contributed by atoms with Crippen molar-refractivity contribution >= 4 is 22.9 Å². The number of amides is 2. The lowest BCUT2D eigenvalue weighted by atomic mass is 9.84. The average Bonchev–Trinajstić information content (AvgIpc) is 3.25. The fourth-order valence-corrected chi connectivity index (χ4v) is 5.04. The maximum Gasteiger partial charge on any atom is 0.405 e. The smallest absolute Gasteiger partial charge is 0.405 e. The molecule has 1 aromatic heterocycles. The number of carboxylic acid groups (broad SMARTS) is 1. The molecule has 2 fully saturated rings. The number of benzene rings is 1. The second kappa shape index (κ2) is 6.91. The van der Waals surface area contributed by atoms with E-state index in [1.807, 2.05) is 35.4 Å². The molecule has 3 N–H and O–H groups in total. The van der Waals surface area contributed by atoms with Gasteiger partial charge in [-0.3, -0.25) is 4.79 Å². The van der Waals surface area contributed by atoms with Crippen LogP contribution in [0.5, 0.6) is 0 Å². The molecule has 144 valence electrons. The Bertz CT molecular complexity index is 861. The lowest BCUT2D eigenvalue weighted by molar-refractivity contribution is -0.139. The van der Waals surface area contributed by atoms with Gasteiger partial charge in [0.05, 0.1) is 0 Å². The fraction of sp³-hybridized carbons (Fsp3) is 0.524. The van der Waals surface area contributed by atoms with Gasteiger partial charge in [-0.2, -0.15) is 0 Å².